The van der Waals surface area contributed by atoms with Crippen LogP contribution in [0.5, 0.6) is 0 Å². The lowest BCUT2D eigenvalue weighted by atomic mass is 10.1. The van der Waals surface area contributed by atoms with Crippen molar-refractivity contribution in [1.29, 1.82) is 0 Å². The first-order valence-electron chi connectivity index (χ1n) is 6.78. The third-order valence-corrected chi connectivity index (χ3v) is 4.64. The van der Waals surface area contributed by atoms with Crippen LogP contribution in [-0.2, 0) is 57.8 Å². The molecule has 2 amide bonds. The second-order valence-corrected chi connectivity index (χ2v) is 7.65. The van der Waals surface area contributed by atoms with Gasteiger partial charge >= 0.3 is 32.2 Å². The zero-order valence-corrected chi connectivity index (χ0v) is 15.4. The van der Waals surface area contributed by atoms with Crippen LogP contribution >= 0.6 is 12.6 Å². The lowest BCUT2D eigenvalue weighted by Gasteiger charge is -2.16. The number of carbonyl (C=O) groups excluding carboxylic acids is 4. The van der Waals surface area contributed by atoms with E-state index < -0.39 is 62.6 Å². The molecule has 148 valence electrons. The van der Waals surface area contributed by atoms with Crippen LogP contribution in [-0.4, -0.2) is 56.6 Å². The lowest BCUT2D eigenvalue weighted by Crippen LogP contribution is -2.49. The highest BCUT2D eigenvalue weighted by atomic mass is 33.2. The minimum absolute atomic E-state index is 0.0892. The Bertz CT molecular complexity index is 615. The second-order valence-electron chi connectivity index (χ2n) is 4.57. The molecule has 26 heavy (non-hydrogen) atoms. The topological polar surface area (TPSA) is 189 Å². The fourth-order valence-corrected chi connectivity index (χ4v) is 2.45. The van der Waals surface area contributed by atoms with E-state index in [0.717, 1.165) is 0 Å². The summed E-state index contributed by atoms with van der Waals surface area (Å²) in [6.07, 6.45) is -0.448. The zero-order chi connectivity index (χ0) is 19.7. The van der Waals surface area contributed by atoms with E-state index in [1.54, 1.807) is 0 Å². The number of rotatable bonds is 1. The Hall–Kier alpha value is -1.59. The number of hydrogen-bond donors (Lipinski definition) is 4. The SMILES string of the molecule is NC1CCC(=O)NC(CS)C(=O)NCC(=O)OOS(=O)S(=O)OOC1=O. The smallest absolute Gasteiger partial charge is 0.344 e. The van der Waals surface area contributed by atoms with Crippen molar-refractivity contribution >= 4 is 56.6 Å². The predicted molar refractivity (Wildman–Crippen MR) is 86.6 cm³/mol. The molecule has 16 heteroatoms. The molecular weight excluding hydrogens is 418 g/mol. The summed E-state index contributed by atoms with van der Waals surface area (Å²) in [6, 6.07) is -2.41. The van der Waals surface area contributed by atoms with Gasteiger partial charge in [0.25, 0.3) is 0 Å². The van der Waals surface area contributed by atoms with Crippen molar-refractivity contribution < 1.29 is 46.0 Å². The van der Waals surface area contributed by atoms with Crippen LogP contribution in [0.4, 0.5) is 0 Å². The third-order valence-electron chi connectivity index (χ3n) is 2.69. The van der Waals surface area contributed by atoms with Crippen LogP contribution < -0.4 is 16.4 Å². The first-order chi connectivity index (χ1) is 12.2. The molecule has 0 aliphatic carbocycles. The molecule has 0 saturated carbocycles. The van der Waals surface area contributed by atoms with Gasteiger partial charge in [0, 0.05) is 12.2 Å². The molecule has 13 nitrogen and oxygen atoms in total. The first-order valence-corrected chi connectivity index (χ1v) is 10.1. The van der Waals surface area contributed by atoms with Gasteiger partial charge in [-0.3, -0.25) is 19.4 Å². The summed E-state index contributed by atoms with van der Waals surface area (Å²) in [6.45, 7) is -0.705. The van der Waals surface area contributed by atoms with Gasteiger partial charge < -0.3 is 16.4 Å². The van der Waals surface area contributed by atoms with Crippen LogP contribution in [0.2, 0.25) is 0 Å². The molecule has 0 aromatic rings. The van der Waals surface area contributed by atoms with E-state index >= 15 is 0 Å². The molecule has 1 aliphatic rings. The van der Waals surface area contributed by atoms with Crippen molar-refractivity contribution in [1.82, 2.24) is 10.6 Å². The molecule has 0 spiro atoms. The standard InChI is InChI=1S/C10H15N3O10S3/c11-5-1-2-7(14)13-6(4-24)9(16)12-3-8(15)20-22-25(18)26(19)23-21-10(5)17/h5-6,24H,1-4,11H2,(H,12,16)(H,13,14). The number of nitrogens with two attached hydrogens (primary N) is 1. The highest BCUT2D eigenvalue weighted by Crippen LogP contribution is 2.04. The molecule has 4 unspecified atom stereocenters. The summed E-state index contributed by atoms with van der Waals surface area (Å²) >= 11 is 3.91. The Morgan fingerprint density at radius 1 is 1.12 bits per heavy atom. The molecule has 4 N–H and O–H groups in total. The van der Waals surface area contributed by atoms with Crippen LogP contribution in [0.15, 0.2) is 0 Å². The molecular formula is C10H15N3O10S3. The Balaban J connectivity index is 2.82. The zero-order valence-electron chi connectivity index (χ0n) is 12.9. The van der Waals surface area contributed by atoms with Gasteiger partial charge in [-0.25, -0.2) is 18.0 Å². The first kappa shape index (κ1) is 22.5. The molecule has 0 radical (unpaired) electrons. The number of amides is 2. The summed E-state index contributed by atoms with van der Waals surface area (Å²) in [7, 11) is -5.68. The van der Waals surface area contributed by atoms with E-state index in [0.29, 0.717) is 0 Å². The van der Waals surface area contributed by atoms with Gasteiger partial charge in [0.1, 0.15) is 18.6 Å². The maximum atomic E-state index is 11.9. The van der Waals surface area contributed by atoms with Gasteiger partial charge in [0.2, 0.25) is 11.8 Å². The Kier molecular flexibility index (Phi) is 9.66. The van der Waals surface area contributed by atoms with Crippen molar-refractivity contribution in [2.45, 2.75) is 24.9 Å². The van der Waals surface area contributed by atoms with E-state index in [1.807, 2.05) is 0 Å². The fraction of sp³-hybridized carbons (Fsp3) is 0.600. The van der Waals surface area contributed by atoms with Crippen LogP contribution in [0.1, 0.15) is 12.8 Å². The minimum Gasteiger partial charge on any atom is -0.344 e. The van der Waals surface area contributed by atoms with Gasteiger partial charge in [-0.05, 0) is 6.42 Å². The van der Waals surface area contributed by atoms with Crippen LogP contribution in [0, 0.1) is 0 Å². The quantitative estimate of drug-likeness (QED) is 0.185. The largest absolute Gasteiger partial charge is 0.362 e. The van der Waals surface area contributed by atoms with Crippen molar-refractivity contribution in [3.63, 3.8) is 0 Å². The number of carbonyl (C=O) groups is 4. The van der Waals surface area contributed by atoms with E-state index in [9.17, 15) is 27.6 Å². The van der Waals surface area contributed by atoms with Gasteiger partial charge in [-0.15, -0.1) is 0 Å². The lowest BCUT2D eigenvalue weighted by molar-refractivity contribution is -0.212. The predicted octanol–water partition coefficient (Wildman–Crippen LogP) is -3.17. The van der Waals surface area contributed by atoms with E-state index in [1.165, 1.54) is 0 Å². The Morgan fingerprint density at radius 2 is 1.73 bits per heavy atom. The summed E-state index contributed by atoms with van der Waals surface area (Å²) in [5.74, 6) is -3.87. The maximum absolute atomic E-state index is 11.9. The molecule has 1 fully saturated rings. The van der Waals surface area contributed by atoms with Gasteiger partial charge in [-0.2, -0.15) is 12.6 Å². The van der Waals surface area contributed by atoms with Crippen LogP contribution in [0.25, 0.3) is 0 Å². The fourth-order valence-electron chi connectivity index (χ4n) is 1.41. The van der Waals surface area contributed by atoms with E-state index in [2.05, 4.69) is 41.7 Å². The summed E-state index contributed by atoms with van der Waals surface area (Å²) in [5.41, 5.74) is 5.46. The molecule has 1 heterocycles. The minimum atomic E-state index is -2.84. The highest BCUT2D eigenvalue weighted by Gasteiger charge is 2.25. The van der Waals surface area contributed by atoms with Crippen molar-refractivity contribution in [3.05, 3.63) is 0 Å². The van der Waals surface area contributed by atoms with Gasteiger partial charge in [0.05, 0.1) is 0 Å². The second kappa shape index (κ2) is 11.2. The molecule has 0 aromatic heterocycles. The van der Waals surface area contributed by atoms with Gasteiger partial charge in [-0.1, -0.05) is 8.67 Å². The Labute approximate surface area is 156 Å². The molecule has 0 aromatic carbocycles. The average Bonchev–Trinajstić information content (AvgIpc) is 2.63. The van der Waals surface area contributed by atoms with Crippen LogP contribution in [0.3, 0.4) is 0 Å². The van der Waals surface area contributed by atoms with E-state index in [4.69, 9.17) is 5.73 Å². The van der Waals surface area contributed by atoms with Crippen molar-refractivity contribution in [2.75, 3.05) is 12.3 Å². The molecule has 4 atom stereocenters. The molecule has 1 rings (SSSR count). The maximum Gasteiger partial charge on any atom is 0.362 e. The summed E-state index contributed by atoms with van der Waals surface area (Å²) in [5, 5.41) is 4.45. The van der Waals surface area contributed by atoms with E-state index in [-0.39, 0.29) is 18.6 Å². The van der Waals surface area contributed by atoms with Crippen molar-refractivity contribution in [3.8, 4) is 0 Å². The normalized spacial score (nSPS) is 30.4. The average molecular weight is 433 g/mol. The number of hydrogen-bond acceptors (Lipinski definition) is 12. The molecule has 0 bridgehead atoms. The molecule has 1 saturated heterocycles. The highest BCUT2D eigenvalue weighted by molar-refractivity contribution is 8.57. The number of thiol groups is 1. The monoisotopic (exact) mass is 433 g/mol. The summed E-state index contributed by atoms with van der Waals surface area (Å²) < 4.78 is 30.7. The molecule has 1 aliphatic heterocycles. The van der Waals surface area contributed by atoms with Gasteiger partial charge in [0.15, 0.2) is 0 Å². The summed E-state index contributed by atoms with van der Waals surface area (Å²) in [4.78, 5) is 54.6. The van der Waals surface area contributed by atoms with Crippen molar-refractivity contribution in [2.24, 2.45) is 5.73 Å². The Morgan fingerprint density at radius 3 is 2.35 bits per heavy atom. The third kappa shape index (κ3) is 7.75. The number of nitrogens with one attached hydrogen (secondary N) is 2.